The van der Waals surface area contributed by atoms with Crippen molar-refractivity contribution in [2.75, 3.05) is 18.0 Å². The summed E-state index contributed by atoms with van der Waals surface area (Å²) in [5.41, 5.74) is 4.54. The zero-order valence-corrected chi connectivity index (χ0v) is 15.1. The number of halogens is 1. The number of hydrogen-bond acceptors (Lipinski definition) is 4. The molecule has 1 saturated heterocycles. The largest absolute Gasteiger partial charge is 0.370 e. The Morgan fingerprint density at radius 2 is 1.96 bits per heavy atom. The lowest BCUT2D eigenvalue weighted by Gasteiger charge is -2.35. The Morgan fingerprint density at radius 1 is 1.15 bits per heavy atom. The Hall–Kier alpha value is -3.20. The lowest BCUT2D eigenvalue weighted by molar-refractivity contribution is 0.486. The van der Waals surface area contributed by atoms with Gasteiger partial charge in [-0.15, -0.1) is 0 Å². The van der Waals surface area contributed by atoms with Crippen molar-refractivity contribution in [2.45, 2.75) is 18.8 Å². The predicted octanol–water partition coefficient (Wildman–Crippen LogP) is 3.88. The fraction of sp³-hybridized carbons (Fsp3) is 0.286. The van der Waals surface area contributed by atoms with Crippen molar-refractivity contribution in [3.63, 3.8) is 0 Å². The van der Waals surface area contributed by atoms with Crippen LogP contribution in [0.4, 0.5) is 10.1 Å². The van der Waals surface area contributed by atoms with E-state index in [1.54, 1.807) is 6.07 Å². The summed E-state index contributed by atoms with van der Waals surface area (Å²) >= 11 is 0. The van der Waals surface area contributed by atoms with Gasteiger partial charge in [-0.05, 0) is 31.0 Å². The molecule has 1 fully saturated rings. The van der Waals surface area contributed by atoms with Gasteiger partial charge in [0, 0.05) is 55.3 Å². The number of anilines is 1. The van der Waals surface area contributed by atoms with E-state index in [0.717, 1.165) is 42.7 Å². The van der Waals surface area contributed by atoms with Gasteiger partial charge >= 0.3 is 0 Å². The minimum absolute atomic E-state index is 0.471. The number of benzene rings is 1. The summed E-state index contributed by atoms with van der Waals surface area (Å²) in [5, 5.41) is 9.64. The van der Waals surface area contributed by atoms with Crippen LogP contribution in [-0.4, -0.2) is 27.6 Å². The topological polar surface area (TPSA) is 57.7 Å². The van der Waals surface area contributed by atoms with Crippen molar-refractivity contribution < 1.29 is 4.39 Å². The first-order valence-electron chi connectivity index (χ1n) is 9.03. The second-order valence-electron chi connectivity index (χ2n) is 6.87. The maximum atomic E-state index is 13.2. The van der Waals surface area contributed by atoms with Gasteiger partial charge < -0.3 is 9.47 Å². The third-order valence-electron chi connectivity index (χ3n) is 5.28. The van der Waals surface area contributed by atoms with Crippen LogP contribution in [0.1, 0.15) is 30.0 Å². The van der Waals surface area contributed by atoms with E-state index in [-0.39, 0.29) is 0 Å². The van der Waals surface area contributed by atoms with E-state index in [4.69, 9.17) is 0 Å². The Kier molecular flexibility index (Phi) is 4.59. The quantitative estimate of drug-likeness (QED) is 0.665. The second-order valence-corrected chi connectivity index (χ2v) is 6.87. The third kappa shape index (κ3) is 3.28. The van der Waals surface area contributed by atoms with Crippen molar-refractivity contribution in [3.8, 4) is 17.2 Å². The van der Waals surface area contributed by atoms with Crippen LogP contribution in [0.25, 0.3) is 11.1 Å². The lowest BCUT2D eigenvalue weighted by atomic mass is 9.92. The predicted molar refractivity (Wildman–Crippen MR) is 102 cm³/mol. The molecule has 5 nitrogen and oxygen atoms in total. The number of piperidine rings is 1. The van der Waals surface area contributed by atoms with Gasteiger partial charge in [-0.3, -0.25) is 0 Å². The summed E-state index contributed by atoms with van der Waals surface area (Å²) in [6, 6.07) is 11.1. The number of rotatable bonds is 3. The highest BCUT2D eigenvalue weighted by atomic mass is 19.1. The van der Waals surface area contributed by atoms with Crippen LogP contribution in [0, 0.1) is 17.3 Å². The van der Waals surface area contributed by atoms with Crippen LogP contribution in [0.5, 0.6) is 0 Å². The van der Waals surface area contributed by atoms with E-state index < -0.39 is 5.95 Å². The van der Waals surface area contributed by atoms with Gasteiger partial charge in [0.2, 0.25) is 5.95 Å². The molecule has 0 N–H and O–H groups in total. The van der Waals surface area contributed by atoms with Crippen molar-refractivity contribution in [3.05, 3.63) is 66.3 Å². The minimum atomic E-state index is -0.506. The molecule has 6 heteroatoms. The summed E-state index contributed by atoms with van der Waals surface area (Å²) in [6.07, 6.45) is 7.31. The second kappa shape index (κ2) is 7.20. The molecule has 0 unspecified atom stereocenters. The molecule has 1 aliphatic heterocycles. The molecule has 0 spiro atoms. The summed E-state index contributed by atoms with van der Waals surface area (Å²) in [7, 11) is 2.03. The van der Waals surface area contributed by atoms with Gasteiger partial charge in [0.1, 0.15) is 6.07 Å². The Balaban J connectivity index is 1.65. The fourth-order valence-electron chi connectivity index (χ4n) is 3.90. The molecule has 0 amide bonds. The standard InChI is InChI=1S/C21H20FN5/c1-26-14-24-13-19(26)15-7-9-27(10-8-15)21-16(11-23)3-2-4-18(21)17-5-6-20(22)25-12-17/h2-6,12-15H,7-10H2,1H3. The molecule has 3 heterocycles. The first-order valence-corrected chi connectivity index (χ1v) is 9.03. The van der Waals surface area contributed by atoms with E-state index in [1.807, 2.05) is 37.8 Å². The van der Waals surface area contributed by atoms with Crippen LogP contribution in [0.3, 0.4) is 0 Å². The van der Waals surface area contributed by atoms with E-state index in [1.165, 1.54) is 18.0 Å². The molecule has 0 radical (unpaired) electrons. The van der Waals surface area contributed by atoms with Crippen LogP contribution < -0.4 is 4.90 Å². The fourth-order valence-corrected chi connectivity index (χ4v) is 3.90. The summed E-state index contributed by atoms with van der Waals surface area (Å²) in [6.45, 7) is 1.71. The highest BCUT2D eigenvalue weighted by molar-refractivity contribution is 5.82. The molecular weight excluding hydrogens is 341 g/mol. The van der Waals surface area contributed by atoms with Gasteiger partial charge in [0.05, 0.1) is 17.6 Å². The highest BCUT2D eigenvalue weighted by Crippen LogP contribution is 2.37. The number of pyridine rings is 1. The molecule has 0 saturated carbocycles. The Labute approximate surface area is 157 Å². The summed E-state index contributed by atoms with van der Waals surface area (Å²) < 4.78 is 15.3. The van der Waals surface area contributed by atoms with Gasteiger partial charge in [0.25, 0.3) is 0 Å². The molecule has 0 bridgehead atoms. The van der Waals surface area contributed by atoms with Crippen molar-refractivity contribution >= 4 is 5.69 Å². The average molecular weight is 361 g/mol. The number of aromatic nitrogens is 3. The monoisotopic (exact) mass is 361 g/mol. The number of hydrogen-bond donors (Lipinski definition) is 0. The summed E-state index contributed by atoms with van der Waals surface area (Å²) in [5.74, 6) is -0.0346. The third-order valence-corrected chi connectivity index (χ3v) is 5.28. The van der Waals surface area contributed by atoms with Gasteiger partial charge in [-0.25, -0.2) is 9.97 Å². The average Bonchev–Trinajstić information content (AvgIpc) is 3.14. The van der Waals surface area contributed by atoms with E-state index in [9.17, 15) is 9.65 Å². The molecule has 0 atom stereocenters. The molecule has 1 aliphatic rings. The Morgan fingerprint density at radius 3 is 2.59 bits per heavy atom. The Bertz CT molecular complexity index is 979. The molecule has 27 heavy (non-hydrogen) atoms. The van der Waals surface area contributed by atoms with Crippen molar-refractivity contribution in [1.29, 1.82) is 5.26 Å². The SMILES string of the molecule is Cn1cncc1C1CCN(c2c(C#N)cccc2-c2ccc(F)nc2)CC1. The molecule has 4 rings (SSSR count). The lowest BCUT2D eigenvalue weighted by Crippen LogP contribution is -2.34. The number of nitrogens with zero attached hydrogens (tertiary/aromatic N) is 5. The molecule has 0 aliphatic carbocycles. The van der Waals surface area contributed by atoms with Crippen LogP contribution in [0.2, 0.25) is 0 Å². The first kappa shape index (κ1) is 17.2. The molecule has 2 aromatic heterocycles. The zero-order chi connectivity index (χ0) is 18.8. The van der Waals surface area contributed by atoms with E-state index in [2.05, 4.69) is 25.5 Å². The van der Waals surface area contributed by atoms with Gasteiger partial charge in [0.15, 0.2) is 0 Å². The molecule has 1 aromatic carbocycles. The van der Waals surface area contributed by atoms with Crippen molar-refractivity contribution in [2.24, 2.45) is 7.05 Å². The van der Waals surface area contributed by atoms with Crippen LogP contribution in [-0.2, 0) is 7.05 Å². The zero-order valence-electron chi connectivity index (χ0n) is 15.1. The van der Waals surface area contributed by atoms with Gasteiger partial charge in [-0.1, -0.05) is 12.1 Å². The highest BCUT2D eigenvalue weighted by Gasteiger charge is 2.25. The normalized spacial score (nSPS) is 14.9. The summed E-state index contributed by atoms with van der Waals surface area (Å²) in [4.78, 5) is 10.3. The molecule has 136 valence electrons. The number of nitriles is 1. The number of para-hydroxylation sites is 1. The molecular formula is C21H20FN5. The minimum Gasteiger partial charge on any atom is -0.370 e. The van der Waals surface area contributed by atoms with Crippen LogP contribution in [0.15, 0.2) is 49.1 Å². The number of imidazole rings is 1. The number of aryl methyl sites for hydroxylation is 1. The first-order chi connectivity index (χ1) is 13.2. The van der Waals surface area contributed by atoms with Gasteiger partial charge in [-0.2, -0.15) is 9.65 Å². The maximum Gasteiger partial charge on any atom is 0.212 e. The van der Waals surface area contributed by atoms with E-state index >= 15 is 0 Å². The molecule has 3 aromatic rings. The van der Waals surface area contributed by atoms with E-state index in [0.29, 0.717) is 11.5 Å². The van der Waals surface area contributed by atoms with Crippen LogP contribution >= 0.6 is 0 Å². The maximum absolute atomic E-state index is 13.2. The van der Waals surface area contributed by atoms with Crippen molar-refractivity contribution in [1.82, 2.24) is 14.5 Å². The smallest absolute Gasteiger partial charge is 0.212 e.